The van der Waals surface area contributed by atoms with E-state index >= 15 is 0 Å². The average molecular weight is 681 g/mol. The van der Waals surface area contributed by atoms with E-state index in [1.54, 1.807) is 18.2 Å². The van der Waals surface area contributed by atoms with Crippen LogP contribution >= 0.6 is 11.6 Å². The Morgan fingerprint density at radius 3 is 2.56 bits per heavy atom. The van der Waals surface area contributed by atoms with Crippen molar-refractivity contribution in [2.75, 3.05) is 63.1 Å². The second-order valence-electron chi connectivity index (χ2n) is 12.6. The van der Waals surface area contributed by atoms with Gasteiger partial charge in [0.2, 0.25) is 5.91 Å². The summed E-state index contributed by atoms with van der Waals surface area (Å²) in [6.07, 6.45) is 14.1. The Bertz CT molecular complexity index is 1560. The van der Waals surface area contributed by atoms with Gasteiger partial charge < -0.3 is 20.1 Å². The molecule has 2 fully saturated rings. The summed E-state index contributed by atoms with van der Waals surface area (Å²) in [5, 5.41) is 6.79. The predicted octanol–water partition coefficient (Wildman–Crippen LogP) is 6.97. The van der Waals surface area contributed by atoms with Crippen LogP contribution < -0.4 is 15.4 Å². The summed E-state index contributed by atoms with van der Waals surface area (Å²) < 4.78 is 25.3. The Kier molecular flexibility index (Phi) is 13.4. The number of hydrogen-bond acceptors (Lipinski definition) is 9. The van der Waals surface area contributed by atoms with Crippen LogP contribution in [0.5, 0.6) is 5.75 Å². The highest BCUT2D eigenvalue weighted by Crippen LogP contribution is 2.36. The molecule has 48 heavy (non-hydrogen) atoms. The third-order valence-corrected chi connectivity index (χ3v) is 8.85. The first kappa shape index (κ1) is 35.5. The number of fused-ring (bicyclic) bond motifs is 1. The number of nitrogens with zero attached hydrogens (tertiary/aromatic N) is 4. The Labute approximate surface area is 287 Å². The monoisotopic (exact) mass is 680 g/mol. The maximum absolute atomic E-state index is 13.7. The maximum atomic E-state index is 13.7. The van der Waals surface area contributed by atoms with Gasteiger partial charge in [0.05, 0.1) is 36.0 Å². The molecule has 0 spiro atoms. The molecular weight excluding hydrogens is 635 g/mol. The highest BCUT2D eigenvalue weighted by atomic mass is 35.5. The Hall–Kier alpha value is -3.80. The van der Waals surface area contributed by atoms with Gasteiger partial charge in [-0.2, -0.15) is 0 Å². The largest absolute Gasteiger partial charge is 0.491 e. The van der Waals surface area contributed by atoms with Gasteiger partial charge in [-0.05, 0) is 49.4 Å². The first-order valence-electron chi connectivity index (χ1n) is 17.1. The van der Waals surface area contributed by atoms with Crippen LogP contribution in [-0.4, -0.2) is 84.1 Å². The summed E-state index contributed by atoms with van der Waals surface area (Å²) in [6.45, 7) is 7.36. The van der Waals surface area contributed by atoms with Crippen LogP contribution in [0.15, 0.2) is 48.8 Å². The highest BCUT2D eigenvalue weighted by Gasteiger charge is 2.23. The zero-order valence-electron chi connectivity index (χ0n) is 27.7. The summed E-state index contributed by atoms with van der Waals surface area (Å²) in [7, 11) is 0. The molecule has 1 amide bonds. The molecule has 0 bridgehead atoms. The molecule has 2 aromatic carbocycles. The third-order valence-electron chi connectivity index (χ3n) is 8.56. The number of piperazine rings is 1. The van der Waals surface area contributed by atoms with Crippen LogP contribution in [0.2, 0.25) is 5.02 Å². The van der Waals surface area contributed by atoms with Crippen molar-refractivity contribution < 1.29 is 23.5 Å². The van der Waals surface area contributed by atoms with Crippen molar-refractivity contribution in [3.8, 4) is 5.75 Å². The lowest BCUT2D eigenvalue weighted by Crippen LogP contribution is -2.48. The summed E-state index contributed by atoms with van der Waals surface area (Å²) in [5.41, 5.74) is 1.70. The molecule has 0 atom stereocenters. The first-order valence-corrected chi connectivity index (χ1v) is 17.5. The van der Waals surface area contributed by atoms with Gasteiger partial charge in [0.25, 0.3) is 0 Å². The summed E-state index contributed by atoms with van der Waals surface area (Å²) in [6, 6.07) is 7.92. The molecule has 2 heterocycles. The number of nitrogens with one attached hydrogen (secondary N) is 2. The Morgan fingerprint density at radius 1 is 1.02 bits per heavy atom. The third kappa shape index (κ3) is 11.1. The fourth-order valence-electron chi connectivity index (χ4n) is 5.51. The van der Waals surface area contributed by atoms with Crippen LogP contribution in [0.1, 0.15) is 58.3 Å². The van der Waals surface area contributed by atoms with Crippen molar-refractivity contribution in [1.82, 2.24) is 19.8 Å². The molecule has 258 valence electrons. The molecule has 1 aliphatic heterocycles. The zero-order chi connectivity index (χ0) is 33.7. The standard InChI is InChI=1S/C36H46ClFN6O4/c1-2-3-4-5-6-7-19-47-35(46)23-44-17-15-43(16-18-44)14-8-9-34(45)42-32-21-28-31(22-33(32)48-24-26-10-11-26)39-25-40-36(28)41-27-12-13-30(38)29(37)20-27/h8-9,12-13,20-22,25-26H,2-7,10-11,14-19,23-24H2,1H3,(H,42,45)(H,39,40,41)/b9-8+. The van der Waals surface area contributed by atoms with Crippen molar-refractivity contribution in [1.29, 1.82) is 0 Å². The predicted molar refractivity (Wildman–Crippen MR) is 187 cm³/mol. The fraction of sp³-hybridized carbons (Fsp3) is 0.500. The molecule has 2 aliphatic rings. The van der Waals surface area contributed by atoms with Crippen LogP contribution in [-0.2, 0) is 14.3 Å². The molecule has 0 radical (unpaired) electrons. The van der Waals surface area contributed by atoms with Gasteiger partial charge in [-0.1, -0.05) is 56.7 Å². The number of benzene rings is 2. The lowest BCUT2D eigenvalue weighted by Gasteiger charge is -2.33. The van der Waals surface area contributed by atoms with E-state index in [1.165, 1.54) is 50.2 Å². The van der Waals surface area contributed by atoms with Gasteiger partial charge in [0, 0.05) is 55.9 Å². The number of esters is 1. The van der Waals surface area contributed by atoms with E-state index in [9.17, 15) is 14.0 Å². The molecule has 10 nitrogen and oxygen atoms in total. The minimum absolute atomic E-state index is 0.00507. The van der Waals surface area contributed by atoms with Gasteiger partial charge in [0.1, 0.15) is 23.7 Å². The number of rotatable bonds is 18. The molecule has 1 aliphatic carbocycles. The summed E-state index contributed by atoms with van der Waals surface area (Å²) >= 11 is 5.98. The maximum Gasteiger partial charge on any atom is 0.320 e. The number of amides is 1. The molecule has 5 rings (SSSR count). The first-order chi connectivity index (χ1) is 23.4. The van der Waals surface area contributed by atoms with Gasteiger partial charge in [-0.15, -0.1) is 0 Å². The lowest BCUT2D eigenvalue weighted by molar-refractivity contribution is -0.145. The SMILES string of the molecule is CCCCCCCCOC(=O)CN1CCN(C/C=C/C(=O)Nc2cc3c(Nc4ccc(F)c(Cl)c4)ncnc3cc2OCC2CC2)CC1. The van der Waals surface area contributed by atoms with Gasteiger partial charge in [-0.3, -0.25) is 19.4 Å². The molecule has 1 saturated heterocycles. The molecular formula is C36H46ClFN6O4. The number of ether oxygens (including phenoxy) is 2. The number of anilines is 3. The summed E-state index contributed by atoms with van der Waals surface area (Å²) in [5.74, 6) is 0.584. The van der Waals surface area contributed by atoms with Crippen molar-refractivity contribution in [3.05, 3.63) is 59.7 Å². The second-order valence-corrected chi connectivity index (χ2v) is 13.0. The molecule has 0 unspecified atom stereocenters. The van der Waals surface area contributed by atoms with Gasteiger partial charge in [-0.25, -0.2) is 14.4 Å². The quantitative estimate of drug-likeness (QED) is 0.0836. The number of aromatic nitrogens is 2. The van der Waals surface area contributed by atoms with E-state index < -0.39 is 5.82 Å². The van der Waals surface area contributed by atoms with Crippen molar-refractivity contribution in [2.45, 2.75) is 58.3 Å². The van der Waals surface area contributed by atoms with E-state index in [2.05, 4.69) is 37.3 Å². The van der Waals surface area contributed by atoms with Crippen molar-refractivity contribution >= 4 is 51.6 Å². The highest BCUT2D eigenvalue weighted by molar-refractivity contribution is 6.31. The number of carbonyl (C=O) groups excluding carboxylic acids is 2. The molecule has 1 aromatic heterocycles. The van der Waals surface area contributed by atoms with Crippen molar-refractivity contribution in [3.63, 3.8) is 0 Å². The number of halogens is 2. The molecule has 12 heteroatoms. The fourth-order valence-corrected chi connectivity index (χ4v) is 5.69. The van der Waals surface area contributed by atoms with Crippen LogP contribution in [0.25, 0.3) is 10.9 Å². The normalized spacial score (nSPS) is 15.6. The van der Waals surface area contributed by atoms with Crippen LogP contribution in [0.4, 0.5) is 21.6 Å². The smallest absolute Gasteiger partial charge is 0.320 e. The topological polar surface area (TPSA) is 109 Å². The minimum atomic E-state index is -0.511. The number of hydrogen-bond donors (Lipinski definition) is 2. The lowest BCUT2D eigenvalue weighted by atomic mass is 10.1. The Balaban J connectivity index is 1.12. The Morgan fingerprint density at radius 2 is 1.79 bits per heavy atom. The molecule has 1 saturated carbocycles. The van der Waals surface area contributed by atoms with E-state index in [0.29, 0.717) is 66.1 Å². The number of unbranched alkanes of at least 4 members (excludes halogenated alkanes) is 5. The molecule has 2 N–H and O–H groups in total. The molecule has 3 aromatic rings. The van der Waals surface area contributed by atoms with E-state index in [4.69, 9.17) is 21.1 Å². The van der Waals surface area contributed by atoms with Crippen LogP contribution in [0.3, 0.4) is 0 Å². The van der Waals surface area contributed by atoms with E-state index in [1.807, 2.05) is 6.08 Å². The summed E-state index contributed by atoms with van der Waals surface area (Å²) in [4.78, 5) is 38.5. The number of carbonyl (C=O) groups is 2. The average Bonchev–Trinajstić information content (AvgIpc) is 3.91. The second kappa shape index (κ2) is 18.1. The van der Waals surface area contributed by atoms with Gasteiger partial charge >= 0.3 is 5.97 Å². The van der Waals surface area contributed by atoms with Gasteiger partial charge in [0.15, 0.2) is 0 Å². The van der Waals surface area contributed by atoms with E-state index in [0.717, 1.165) is 51.9 Å². The van der Waals surface area contributed by atoms with Crippen molar-refractivity contribution in [2.24, 2.45) is 5.92 Å². The zero-order valence-corrected chi connectivity index (χ0v) is 28.4. The van der Waals surface area contributed by atoms with E-state index in [-0.39, 0.29) is 16.9 Å². The minimum Gasteiger partial charge on any atom is -0.491 e. The van der Waals surface area contributed by atoms with Crippen LogP contribution in [0, 0.1) is 11.7 Å².